The minimum absolute atomic E-state index is 0. The third-order valence-corrected chi connectivity index (χ3v) is 5.39. The predicted molar refractivity (Wildman–Crippen MR) is 119 cm³/mol. The Morgan fingerprint density at radius 2 is 1.59 bits per heavy atom. The largest absolute Gasteiger partial charge is 0.326 e. The molecule has 1 aromatic heterocycles. The van der Waals surface area contributed by atoms with Crippen molar-refractivity contribution in [3.05, 3.63) is 54.4 Å². The zero-order valence-corrected chi connectivity index (χ0v) is 17.6. The Morgan fingerprint density at radius 3 is 2.24 bits per heavy atom. The van der Waals surface area contributed by atoms with Gasteiger partial charge in [-0.1, -0.05) is 6.07 Å². The predicted octanol–water partition coefficient (Wildman–Crippen LogP) is 4.04. The van der Waals surface area contributed by atoms with Gasteiger partial charge in [0.1, 0.15) is 0 Å². The summed E-state index contributed by atoms with van der Waals surface area (Å²) in [6.45, 7) is 0. The van der Waals surface area contributed by atoms with E-state index in [4.69, 9.17) is 0 Å². The molecule has 6 nitrogen and oxygen atoms in total. The number of pyridine rings is 1. The highest BCUT2D eigenvalue weighted by atomic mass is 35.5. The highest BCUT2D eigenvalue weighted by Gasteiger charge is 2.34. The minimum Gasteiger partial charge on any atom is -0.326 e. The Morgan fingerprint density at radius 1 is 0.966 bits per heavy atom. The molecule has 2 amide bonds. The SMILES string of the molecule is Cl.Cl.O=C(CC1CC2CCC(C1)N2)Nc1cccc(NC(=O)c2ccncc2)c1. The quantitative estimate of drug-likeness (QED) is 0.660. The Kier molecular flexibility index (Phi) is 8.44. The molecule has 2 unspecified atom stereocenters. The van der Waals surface area contributed by atoms with Gasteiger partial charge in [0.05, 0.1) is 0 Å². The fourth-order valence-electron chi connectivity index (χ4n) is 4.20. The molecule has 29 heavy (non-hydrogen) atoms. The van der Waals surface area contributed by atoms with Crippen LogP contribution in [0.5, 0.6) is 0 Å². The van der Waals surface area contributed by atoms with E-state index in [9.17, 15) is 9.59 Å². The van der Waals surface area contributed by atoms with Gasteiger partial charge in [-0.15, -0.1) is 24.8 Å². The Labute approximate surface area is 183 Å². The van der Waals surface area contributed by atoms with Crippen LogP contribution in [-0.4, -0.2) is 28.9 Å². The number of halogens is 2. The molecule has 2 saturated heterocycles. The molecule has 0 saturated carbocycles. The average molecular weight is 437 g/mol. The molecule has 2 aromatic rings. The molecule has 2 atom stereocenters. The highest BCUT2D eigenvalue weighted by Crippen LogP contribution is 2.32. The first-order valence-electron chi connectivity index (χ1n) is 9.53. The lowest BCUT2D eigenvalue weighted by Gasteiger charge is -2.28. The molecule has 2 bridgehead atoms. The van der Waals surface area contributed by atoms with Crippen LogP contribution in [0.3, 0.4) is 0 Å². The van der Waals surface area contributed by atoms with Gasteiger partial charge in [-0.2, -0.15) is 0 Å². The maximum atomic E-state index is 12.4. The van der Waals surface area contributed by atoms with Crippen molar-refractivity contribution < 1.29 is 9.59 Å². The first-order chi connectivity index (χ1) is 13.2. The maximum Gasteiger partial charge on any atom is 0.255 e. The van der Waals surface area contributed by atoms with Gasteiger partial charge in [0, 0.05) is 47.8 Å². The molecule has 1 aromatic carbocycles. The van der Waals surface area contributed by atoms with Crippen LogP contribution >= 0.6 is 24.8 Å². The number of nitrogens with one attached hydrogen (secondary N) is 3. The number of amides is 2. The lowest BCUT2D eigenvalue weighted by Crippen LogP contribution is -2.39. The Balaban J connectivity index is 0.00000150. The normalized spacial score (nSPS) is 22.0. The van der Waals surface area contributed by atoms with Crippen LogP contribution in [0, 0.1) is 5.92 Å². The van der Waals surface area contributed by atoms with Crippen LogP contribution in [0.1, 0.15) is 42.5 Å². The Hall–Kier alpha value is -2.15. The monoisotopic (exact) mass is 436 g/mol. The summed E-state index contributed by atoms with van der Waals surface area (Å²) in [4.78, 5) is 28.6. The molecular weight excluding hydrogens is 411 g/mol. The van der Waals surface area contributed by atoms with Crippen molar-refractivity contribution >= 4 is 48.0 Å². The molecule has 0 radical (unpaired) electrons. The van der Waals surface area contributed by atoms with Gasteiger partial charge in [0.2, 0.25) is 5.91 Å². The first kappa shape index (κ1) is 23.1. The summed E-state index contributed by atoms with van der Waals surface area (Å²) in [7, 11) is 0. The number of benzene rings is 1. The molecule has 156 valence electrons. The Bertz CT molecular complexity index is 822. The van der Waals surface area contributed by atoms with Crippen molar-refractivity contribution in [2.24, 2.45) is 5.92 Å². The average Bonchev–Trinajstić information content (AvgIpc) is 3.01. The van der Waals surface area contributed by atoms with Crippen molar-refractivity contribution in [2.75, 3.05) is 10.6 Å². The number of nitrogens with zero attached hydrogens (tertiary/aromatic N) is 1. The van der Waals surface area contributed by atoms with Crippen molar-refractivity contribution in [3.63, 3.8) is 0 Å². The van der Waals surface area contributed by atoms with Crippen LogP contribution in [0.15, 0.2) is 48.8 Å². The summed E-state index contributed by atoms with van der Waals surface area (Å²) in [5.41, 5.74) is 1.89. The third kappa shape index (κ3) is 6.16. The van der Waals surface area contributed by atoms with Gasteiger partial charge >= 0.3 is 0 Å². The topological polar surface area (TPSA) is 83.1 Å². The number of aromatic nitrogens is 1. The maximum absolute atomic E-state index is 12.4. The van der Waals surface area contributed by atoms with Crippen LogP contribution in [0.2, 0.25) is 0 Å². The molecular formula is C21H26Cl2N4O2. The number of carbonyl (C=O) groups is 2. The van der Waals surface area contributed by atoms with E-state index in [-0.39, 0.29) is 36.6 Å². The molecule has 4 rings (SSSR count). The second kappa shape index (κ2) is 10.6. The van der Waals surface area contributed by atoms with E-state index in [1.165, 1.54) is 12.8 Å². The lowest BCUT2D eigenvalue weighted by molar-refractivity contribution is -0.117. The molecule has 8 heteroatoms. The standard InChI is InChI=1S/C21H24N4O2.2ClH/c26-20(12-14-10-18-4-5-19(11-14)23-18)24-16-2-1-3-17(13-16)25-21(27)15-6-8-22-9-7-15;;/h1-3,6-9,13-14,18-19,23H,4-5,10-12H2,(H,24,26)(H,25,27);2*1H. The summed E-state index contributed by atoms with van der Waals surface area (Å²) >= 11 is 0. The van der Waals surface area contributed by atoms with Crippen LogP contribution in [0.25, 0.3) is 0 Å². The minimum atomic E-state index is -0.203. The van der Waals surface area contributed by atoms with E-state index >= 15 is 0 Å². The van der Waals surface area contributed by atoms with Crippen LogP contribution in [-0.2, 0) is 4.79 Å². The van der Waals surface area contributed by atoms with E-state index in [1.54, 1.807) is 36.7 Å². The number of carbonyl (C=O) groups excluding carboxylic acids is 2. The smallest absolute Gasteiger partial charge is 0.255 e. The van der Waals surface area contributed by atoms with E-state index in [1.807, 2.05) is 12.1 Å². The van der Waals surface area contributed by atoms with Crippen LogP contribution < -0.4 is 16.0 Å². The zero-order chi connectivity index (χ0) is 18.6. The molecule has 0 aliphatic carbocycles. The summed E-state index contributed by atoms with van der Waals surface area (Å²) < 4.78 is 0. The number of anilines is 2. The molecule has 3 heterocycles. The van der Waals surface area contributed by atoms with E-state index < -0.39 is 0 Å². The van der Waals surface area contributed by atoms with Gasteiger partial charge in [0.25, 0.3) is 5.91 Å². The number of piperidine rings is 1. The third-order valence-electron chi connectivity index (χ3n) is 5.39. The van der Waals surface area contributed by atoms with Gasteiger partial charge in [-0.3, -0.25) is 14.6 Å². The van der Waals surface area contributed by atoms with Gasteiger partial charge in [-0.05, 0) is 61.9 Å². The summed E-state index contributed by atoms with van der Waals surface area (Å²) in [6.07, 6.45) is 8.38. The van der Waals surface area contributed by atoms with Crippen molar-refractivity contribution in [1.29, 1.82) is 0 Å². The summed E-state index contributed by atoms with van der Waals surface area (Å²) in [6, 6.07) is 11.7. The second-order valence-corrected chi connectivity index (χ2v) is 7.50. The second-order valence-electron chi connectivity index (χ2n) is 7.50. The highest BCUT2D eigenvalue weighted by molar-refractivity contribution is 6.04. The van der Waals surface area contributed by atoms with E-state index in [0.29, 0.717) is 41.4 Å². The molecule has 2 aliphatic rings. The van der Waals surface area contributed by atoms with Crippen LogP contribution in [0.4, 0.5) is 11.4 Å². The van der Waals surface area contributed by atoms with E-state index in [0.717, 1.165) is 12.8 Å². The molecule has 0 spiro atoms. The fourth-order valence-corrected chi connectivity index (χ4v) is 4.20. The van der Waals surface area contributed by atoms with Crippen molar-refractivity contribution in [1.82, 2.24) is 10.3 Å². The van der Waals surface area contributed by atoms with Crippen molar-refractivity contribution in [2.45, 2.75) is 44.2 Å². The van der Waals surface area contributed by atoms with Gasteiger partial charge in [0.15, 0.2) is 0 Å². The first-order valence-corrected chi connectivity index (χ1v) is 9.53. The number of fused-ring (bicyclic) bond motifs is 2. The molecule has 3 N–H and O–H groups in total. The molecule has 2 fully saturated rings. The molecule has 2 aliphatic heterocycles. The summed E-state index contributed by atoms with van der Waals surface area (Å²) in [5, 5.41) is 9.43. The van der Waals surface area contributed by atoms with Gasteiger partial charge in [-0.25, -0.2) is 0 Å². The van der Waals surface area contributed by atoms with E-state index in [2.05, 4.69) is 20.9 Å². The number of hydrogen-bond donors (Lipinski definition) is 3. The van der Waals surface area contributed by atoms with Gasteiger partial charge < -0.3 is 16.0 Å². The van der Waals surface area contributed by atoms with Crippen molar-refractivity contribution in [3.8, 4) is 0 Å². The lowest BCUT2D eigenvalue weighted by atomic mass is 9.89. The number of rotatable bonds is 5. The fraction of sp³-hybridized carbons (Fsp3) is 0.381. The number of hydrogen-bond acceptors (Lipinski definition) is 4. The summed E-state index contributed by atoms with van der Waals surface area (Å²) in [5.74, 6) is 0.295. The zero-order valence-electron chi connectivity index (χ0n) is 16.0.